The van der Waals surface area contributed by atoms with Gasteiger partial charge in [0.15, 0.2) is 0 Å². The summed E-state index contributed by atoms with van der Waals surface area (Å²) in [6.45, 7) is 7.46. The molecule has 0 amide bonds. The first-order valence-electron chi connectivity index (χ1n) is 7.57. The van der Waals surface area contributed by atoms with Crippen molar-refractivity contribution >= 4 is 11.6 Å². The molecule has 0 aromatic heterocycles. The number of halogens is 4. The summed E-state index contributed by atoms with van der Waals surface area (Å²) in [5.74, 6) is 0.590. The van der Waals surface area contributed by atoms with Crippen molar-refractivity contribution in [2.24, 2.45) is 5.92 Å². The van der Waals surface area contributed by atoms with Crippen molar-refractivity contribution in [3.05, 3.63) is 34.3 Å². The van der Waals surface area contributed by atoms with E-state index in [0.29, 0.717) is 24.1 Å². The van der Waals surface area contributed by atoms with E-state index in [1.807, 2.05) is 0 Å². The molecule has 6 heteroatoms. The van der Waals surface area contributed by atoms with Gasteiger partial charge in [-0.3, -0.25) is 4.90 Å². The van der Waals surface area contributed by atoms with Gasteiger partial charge >= 0.3 is 6.18 Å². The summed E-state index contributed by atoms with van der Waals surface area (Å²) >= 11 is 5.95. The Balaban J connectivity index is 1.98. The van der Waals surface area contributed by atoms with E-state index in [2.05, 4.69) is 24.1 Å². The van der Waals surface area contributed by atoms with Crippen LogP contribution in [0.5, 0.6) is 0 Å². The van der Waals surface area contributed by atoms with Gasteiger partial charge in [0.05, 0.1) is 10.6 Å². The van der Waals surface area contributed by atoms with Crippen LogP contribution < -0.4 is 5.32 Å². The van der Waals surface area contributed by atoms with E-state index in [9.17, 15) is 13.2 Å². The van der Waals surface area contributed by atoms with Crippen molar-refractivity contribution in [3.8, 4) is 0 Å². The highest BCUT2D eigenvalue weighted by Crippen LogP contribution is 2.36. The van der Waals surface area contributed by atoms with Gasteiger partial charge in [-0.2, -0.15) is 13.2 Å². The lowest BCUT2D eigenvalue weighted by atomic mass is 10.1. The fourth-order valence-corrected chi connectivity index (χ4v) is 3.00. The van der Waals surface area contributed by atoms with Crippen molar-refractivity contribution < 1.29 is 13.2 Å². The molecule has 1 aliphatic heterocycles. The Bertz CT molecular complexity index is 503. The standard InChI is InChI=1S/C16H22ClF3N2/c1-11(2)8-21-13-6-7-22(10-13)9-12-4-3-5-14(15(12)17)16(18,19)20/h3-5,11,13,21H,6-10H2,1-2H3. The summed E-state index contributed by atoms with van der Waals surface area (Å²) in [6.07, 6.45) is -3.39. The fourth-order valence-electron chi connectivity index (χ4n) is 2.71. The molecule has 1 aromatic carbocycles. The third-order valence-corrected chi connectivity index (χ3v) is 4.31. The predicted octanol–water partition coefficient (Wildman–Crippen LogP) is 4.18. The third kappa shape index (κ3) is 4.61. The van der Waals surface area contributed by atoms with Crippen LogP contribution in [0.1, 0.15) is 31.4 Å². The van der Waals surface area contributed by atoms with Crippen molar-refractivity contribution in [1.82, 2.24) is 10.2 Å². The van der Waals surface area contributed by atoms with Gasteiger partial charge in [0, 0.05) is 25.7 Å². The number of alkyl halides is 3. The van der Waals surface area contributed by atoms with Gasteiger partial charge in [-0.15, -0.1) is 0 Å². The maximum absolute atomic E-state index is 12.9. The fraction of sp³-hybridized carbons (Fsp3) is 0.625. The molecule has 22 heavy (non-hydrogen) atoms. The molecule has 1 unspecified atom stereocenters. The van der Waals surface area contributed by atoms with Gasteiger partial charge < -0.3 is 5.32 Å². The Morgan fingerprint density at radius 2 is 2.09 bits per heavy atom. The number of rotatable bonds is 5. The first-order chi connectivity index (χ1) is 10.3. The average molecular weight is 335 g/mol. The van der Waals surface area contributed by atoms with Crippen LogP contribution >= 0.6 is 11.6 Å². The van der Waals surface area contributed by atoms with E-state index in [-0.39, 0.29) is 5.02 Å². The van der Waals surface area contributed by atoms with E-state index >= 15 is 0 Å². The summed E-state index contributed by atoms with van der Waals surface area (Å²) in [7, 11) is 0. The Kier molecular flexibility index (Phi) is 5.75. The monoisotopic (exact) mass is 334 g/mol. The Labute approximate surface area is 134 Å². The van der Waals surface area contributed by atoms with Crippen LogP contribution in [0.25, 0.3) is 0 Å². The summed E-state index contributed by atoms with van der Waals surface area (Å²) in [5, 5.41) is 3.32. The second-order valence-electron chi connectivity index (χ2n) is 6.30. The van der Waals surface area contributed by atoms with E-state index in [1.54, 1.807) is 6.07 Å². The molecular weight excluding hydrogens is 313 g/mol. The average Bonchev–Trinajstić information content (AvgIpc) is 2.85. The van der Waals surface area contributed by atoms with Gasteiger partial charge in [0.25, 0.3) is 0 Å². The molecule has 2 nitrogen and oxygen atoms in total. The van der Waals surface area contributed by atoms with Crippen molar-refractivity contribution in [2.45, 2.75) is 39.0 Å². The van der Waals surface area contributed by atoms with Gasteiger partial charge in [0.2, 0.25) is 0 Å². The number of nitrogens with one attached hydrogen (secondary N) is 1. The SMILES string of the molecule is CC(C)CNC1CCN(Cc2cccc(C(F)(F)F)c2Cl)C1. The van der Waals surface area contributed by atoms with Crippen LogP contribution in [0.3, 0.4) is 0 Å². The molecule has 124 valence electrons. The normalized spacial score (nSPS) is 20.0. The van der Waals surface area contributed by atoms with E-state index in [1.165, 1.54) is 6.07 Å². The van der Waals surface area contributed by atoms with E-state index in [0.717, 1.165) is 32.1 Å². The first-order valence-corrected chi connectivity index (χ1v) is 7.95. The molecule has 0 radical (unpaired) electrons. The first kappa shape index (κ1) is 17.6. The van der Waals surface area contributed by atoms with Crippen molar-refractivity contribution in [3.63, 3.8) is 0 Å². The summed E-state index contributed by atoms with van der Waals surface area (Å²) < 4.78 is 38.6. The molecule has 1 N–H and O–H groups in total. The van der Waals surface area contributed by atoms with Crippen LogP contribution in [0, 0.1) is 5.92 Å². The number of hydrogen-bond donors (Lipinski definition) is 1. The highest BCUT2D eigenvalue weighted by Gasteiger charge is 2.34. The van der Waals surface area contributed by atoms with Crippen molar-refractivity contribution in [2.75, 3.05) is 19.6 Å². The van der Waals surface area contributed by atoms with E-state index < -0.39 is 11.7 Å². The molecule has 1 aromatic rings. The minimum Gasteiger partial charge on any atom is -0.312 e. The highest BCUT2D eigenvalue weighted by molar-refractivity contribution is 6.32. The number of nitrogens with zero attached hydrogens (tertiary/aromatic N) is 1. The van der Waals surface area contributed by atoms with Gasteiger partial charge in [-0.25, -0.2) is 0 Å². The number of benzene rings is 1. The Morgan fingerprint density at radius 1 is 1.36 bits per heavy atom. The maximum atomic E-state index is 12.9. The maximum Gasteiger partial charge on any atom is 0.417 e. The lowest BCUT2D eigenvalue weighted by Crippen LogP contribution is -2.34. The summed E-state index contributed by atoms with van der Waals surface area (Å²) in [4.78, 5) is 2.15. The van der Waals surface area contributed by atoms with E-state index in [4.69, 9.17) is 11.6 Å². The largest absolute Gasteiger partial charge is 0.417 e. The molecule has 1 heterocycles. The smallest absolute Gasteiger partial charge is 0.312 e. The number of likely N-dealkylation sites (tertiary alicyclic amines) is 1. The predicted molar refractivity (Wildman–Crippen MR) is 83.0 cm³/mol. The Morgan fingerprint density at radius 3 is 2.73 bits per heavy atom. The van der Waals surface area contributed by atoms with Gasteiger partial charge in [0.1, 0.15) is 0 Å². The van der Waals surface area contributed by atoms with Crippen LogP contribution in [-0.2, 0) is 12.7 Å². The van der Waals surface area contributed by atoms with Crippen LogP contribution in [0.4, 0.5) is 13.2 Å². The molecule has 1 atom stereocenters. The zero-order valence-corrected chi connectivity index (χ0v) is 13.6. The van der Waals surface area contributed by atoms with Crippen LogP contribution in [0.15, 0.2) is 18.2 Å². The van der Waals surface area contributed by atoms with Crippen molar-refractivity contribution in [1.29, 1.82) is 0 Å². The quantitative estimate of drug-likeness (QED) is 0.869. The summed E-state index contributed by atoms with van der Waals surface area (Å²) in [6, 6.07) is 4.54. The van der Waals surface area contributed by atoms with Gasteiger partial charge in [-0.05, 0) is 30.5 Å². The highest BCUT2D eigenvalue weighted by atomic mass is 35.5. The Hall–Kier alpha value is -0.780. The zero-order chi connectivity index (χ0) is 16.3. The topological polar surface area (TPSA) is 15.3 Å². The molecule has 1 saturated heterocycles. The zero-order valence-electron chi connectivity index (χ0n) is 12.9. The minimum absolute atomic E-state index is 0.173. The second-order valence-corrected chi connectivity index (χ2v) is 6.68. The van der Waals surface area contributed by atoms with Crippen LogP contribution in [0.2, 0.25) is 5.02 Å². The molecule has 0 bridgehead atoms. The molecule has 0 aliphatic carbocycles. The van der Waals surface area contributed by atoms with Gasteiger partial charge in [-0.1, -0.05) is 37.6 Å². The third-order valence-electron chi connectivity index (χ3n) is 3.87. The minimum atomic E-state index is -4.40. The molecule has 1 fully saturated rings. The summed E-state index contributed by atoms with van der Waals surface area (Å²) in [5.41, 5.74) is -0.207. The van der Waals surface area contributed by atoms with Crippen LogP contribution in [-0.4, -0.2) is 30.6 Å². The lowest BCUT2D eigenvalue weighted by molar-refractivity contribution is -0.137. The molecule has 2 rings (SSSR count). The second kappa shape index (κ2) is 7.20. The molecular formula is C16H22ClF3N2. The molecule has 1 aliphatic rings. The molecule has 0 spiro atoms. The number of hydrogen-bond acceptors (Lipinski definition) is 2. The molecule has 0 saturated carbocycles. The lowest BCUT2D eigenvalue weighted by Gasteiger charge is -2.19.